The normalized spacial score (nSPS) is 12.0. The molecule has 0 aliphatic heterocycles. The van der Waals surface area contributed by atoms with E-state index in [9.17, 15) is 9.59 Å². The van der Waals surface area contributed by atoms with Crippen LogP contribution in [0.2, 0.25) is 0 Å². The molecule has 0 aliphatic rings. The SMILES string of the molecule is CCCCCCCC(=O)N(CCCCC)C(C)c1nc2ccccc2c(=O)n1-c1ccccc1OCC. The van der Waals surface area contributed by atoms with Crippen molar-refractivity contribution in [3.63, 3.8) is 0 Å². The molecule has 1 atom stereocenters. The van der Waals surface area contributed by atoms with E-state index >= 15 is 0 Å². The summed E-state index contributed by atoms with van der Waals surface area (Å²) in [4.78, 5) is 34.4. The summed E-state index contributed by atoms with van der Waals surface area (Å²) in [5.74, 6) is 1.32. The lowest BCUT2D eigenvalue weighted by atomic mass is 10.1. The highest BCUT2D eigenvalue weighted by Crippen LogP contribution is 2.28. The molecular formula is C31H43N3O3. The molecule has 0 fully saturated rings. The summed E-state index contributed by atoms with van der Waals surface area (Å²) in [7, 11) is 0. The molecule has 1 unspecified atom stereocenters. The van der Waals surface area contributed by atoms with E-state index in [1.165, 1.54) is 12.8 Å². The molecule has 1 amide bonds. The van der Waals surface area contributed by atoms with E-state index in [4.69, 9.17) is 9.72 Å². The van der Waals surface area contributed by atoms with Crippen molar-refractivity contribution < 1.29 is 9.53 Å². The van der Waals surface area contributed by atoms with Crippen molar-refractivity contribution in [3.05, 3.63) is 64.7 Å². The predicted octanol–water partition coefficient (Wildman–Crippen LogP) is 7.22. The fraction of sp³-hybridized carbons (Fsp3) is 0.516. The third-order valence-electron chi connectivity index (χ3n) is 6.87. The highest BCUT2D eigenvalue weighted by Gasteiger charge is 2.27. The van der Waals surface area contributed by atoms with Crippen molar-refractivity contribution in [3.8, 4) is 11.4 Å². The molecule has 6 nitrogen and oxygen atoms in total. The molecule has 0 N–H and O–H groups in total. The third-order valence-corrected chi connectivity index (χ3v) is 6.87. The molecule has 0 bridgehead atoms. The summed E-state index contributed by atoms with van der Waals surface area (Å²) in [5, 5.41) is 0.546. The van der Waals surface area contributed by atoms with Crippen molar-refractivity contribution in [1.29, 1.82) is 0 Å². The minimum Gasteiger partial charge on any atom is -0.492 e. The lowest BCUT2D eigenvalue weighted by Crippen LogP contribution is -2.38. The Hall–Kier alpha value is -3.15. The molecule has 200 valence electrons. The number of rotatable bonds is 15. The van der Waals surface area contributed by atoms with E-state index in [1.54, 1.807) is 10.6 Å². The lowest BCUT2D eigenvalue weighted by Gasteiger charge is -2.31. The molecule has 1 heterocycles. The summed E-state index contributed by atoms with van der Waals surface area (Å²) >= 11 is 0. The van der Waals surface area contributed by atoms with Gasteiger partial charge in [-0.3, -0.25) is 14.2 Å². The Kier molecular flexibility index (Phi) is 11.2. The molecule has 6 heteroatoms. The van der Waals surface area contributed by atoms with Gasteiger partial charge in [0.2, 0.25) is 5.91 Å². The van der Waals surface area contributed by atoms with Gasteiger partial charge < -0.3 is 9.64 Å². The summed E-state index contributed by atoms with van der Waals surface area (Å²) in [6.45, 7) is 9.42. The molecule has 0 spiro atoms. The third kappa shape index (κ3) is 7.21. The Balaban J connectivity index is 2.08. The average Bonchev–Trinajstić information content (AvgIpc) is 2.91. The Morgan fingerprint density at radius 3 is 2.35 bits per heavy atom. The van der Waals surface area contributed by atoms with Crippen LogP contribution in [0.25, 0.3) is 16.6 Å². The lowest BCUT2D eigenvalue weighted by molar-refractivity contribution is -0.133. The largest absolute Gasteiger partial charge is 0.492 e. The summed E-state index contributed by atoms with van der Waals surface area (Å²) in [6.07, 6.45) is 9.09. The van der Waals surface area contributed by atoms with Gasteiger partial charge in [0.15, 0.2) is 0 Å². The molecule has 0 saturated heterocycles. The number of hydrogen-bond acceptors (Lipinski definition) is 4. The quantitative estimate of drug-likeness (QED) is 0.204. The van der Waals surface area contributed by atoms with Crippen molar-refractivity contribution in [2.75, 3.05) is 13.2 Å². The monoisotopic (exact) mass is 505 g/mol. The zero-order chi connectivity index (χ0) is 26.6. The van der Waals surface area contributed by atoms with Crippen molar-refractivity contribution in [2.24, 2.45) is 0 Å². The number of unbranched alkanes of at least 4 members (excludes halogenated alkanes) is 6. The molecule has 1 aromatic heterocycles. The molecule has 2 aromatic carbocycles. The maximum absolute atomic E-state index is 13.9. The first-order valence-corrected chi connectivity index (χ1v) is 14.1. The van der Waals surface area contributed by atoms with Crippen LogP contribution in [-0.2, 0) is 4.79 Å². The predicted molar refractivity (Wildman–Crippen MR) is 152 cm³/mol. The summed E-state index contributed by atoms with van der Waals surface area (Å²) in [5.41, 5.74) is 1.13. The molecule has 0 radical (unpaired) electrons. The molecular weight excluding hydrogens is 462 g/mol. The number of carbonyl (C=O) groups excluding carboxylic acids is 1. The van der Waals surface area contributed by atoms with Gasteiger partial charge in [-0.15, -0.1) is 0 Å². The standard InChI is InChI=1S/C31H43N3O3/c1-5-8-10-11-12-22-29(35)33(23-17-9-6-2)24(4)30-32-26-19-14-13-18-25(26)31(36)34(30)27-20-15-16-21-28(27)37-7-3/h13-16,18-21,24H,5-12,17,22-23H2,1-4H3. The fourth-order valence-electron chi connectivity index (χ4n) is 4.81. The minimum atomic E-state index is -0.369. The van der Waals surface area contributed by atoms with Crippen LogP contribution in [0.15, 0.2) is 53.3 Å². The van der Waals surface area contributed by atoms with Gasteiger partial charge >= 0.3 is 0 Å². The van der Waals surface area contributed by atoms with Gasteiger partial charge in [-0.25, -0.2) is 4.98 Å². The summed E-state index contributed by atoms with van der Waals surface area (Å²) in [6, 6.07) is 14.6. The molecule has 0 aliphatic carbocycles. The maximum atomic E-state index is 13.9. The van der Waals surface area contributed by atoms with Gasteiger partial charge in [-0.1, -0.05) is 76.6 Å². The van der Waals surface area contributed by atoms with E-state index in [2.05, 4.69) is 13.8 Å². The van der Waals surface area contributed by atoms with Crippen molar-refractivity contribution in [1.82, 2.24) is 14.5 Å². The van der Waals surface area contributed by atoms with E-state index in [-0.39, 0.29) is 17.5 Å². The van der Waals surface area contributed by atoms with E-state index in [1.807, 2.05) is 61.2 Å². The minimum absolute atomic E-state index is 0.132. The first-order valence-electron chi connectivity index (χ1n) is 14.1. The van der Waals surface area contributed by atoms with Crippen LogP contribution in [0, 0.1) is 0 Å². The number of hydrogen-bond donors (Lipinski definition) is 0. The Morgan fingerprint density at radius 1 is 0.919 bits per heavy atom. The number of ether oxygens (including phenoxy) is 1. The first kappa shape index (κ1) is 28.4. The second kappa shape index (κ2) is 14.6. The average molecular weight is 506 g/mol. The zero-order valence-corrected chi connectivity index (χ0v) is 23.0. The summed E-state index contributed by atoms with van der Waals surface area (Å²) < 4.78 is 7.55. The van der Waals surface area contributed by atoms with E-state index in [0.717, 1.165) is 38.5 Å². The smallest absolute Gasteiger partial charge is 0.266 e. The van der Waals surface area contributed by atoms with Crippen LogP contribution in [0.4, 0.5) is 0 Å². The van der Waals surface area contributed by atoms with Crippen LogP contribution in [0.5, 0.6) is 5.75 Å². The topological polar surface area (TPSA) is 64.4 Å². The number of aromatic nitrogens is 2. The van der Waals surface area contributed by atoms with Gasteiger partial charge in [0, 0.05) is 13.0 Å². The molecule has 3 aromatic rings. The Morgan fingerprint density at radius 2 is 1.59 bits per heavy atom. The van der Waals surface area contributed by atoms with Gasteiger partial charge in [0.25, 0.3) is 5.56 Å². The van der Waals surface area contributed by atoms with E-state index in [0.29, 0.717) is 47.7 Å². The van der Waals surface area contributed by atoms with Gasteiger partial charge in [-0.05, 0) is 51.0 Å². The maximum Gasteiger partial charge on any atom is 0.266 e. The van der Waals surface area contributed by atoms with Crippen LogP contribution in [0.1, 0.15) is 97.3 Å². The molecule has 0 saturated carbocycles. The Bertz CT molecular complexity index is 1200. The van der Waals surface area contributed by atoms with Gasteiger partial charge in [-0.2, -0.15) is 0 Å². The second-order valence-electron chi connectivity index (χ2n) is 9.66. The van der Waals surface area contributed by atoms with E-state index < -0.39 is 0 Å². The number of fused-ring (bicyclic) bond motifs is 1. The van der Waals surface area contributed by atoms with Crippen LogP contribution in [0.3, 0.4) is 0 Å². The van der Waals surface area contributed by atoms with Crippen molar-refractivity contribution in [2.45, 2.75) is 91.5 Å². The number of benzene rings is 2. The number of nitrogens with zero attached hydrogens (tertiary/aromatic N) is 3. The van der Waals surface area contributed by atoms with Gasteiger partial charge in [0.05, 0.1) is 29.2 Å². The number of para-hydroxylation sites is 3. The molecule has 37 heavy (non-hydrogen) atoms. The number of amides is 1. The fourth-order valence-corrected chi connectivity index (χ4v) is 4.81. The Labute approximate surface area is 221 Å². The second-order valence-corrected chi connectivity index (χ2v) is 9.66. The van der Waals surface area contributed by atoms with Gasteiger partial charge in [0.1, 0.15) is 11.6 Å². The molecule has 3 rings (SSSR count). The van der Waals surface area contributed by atoms with Crippen LogP contribution in [-0.4, -0.2) is 33.5 Å². The zero-order valence-electron chi connectivity index (χ0n) is 23.0. The first-order chi connectivity index (χ1) is 18.0. The number of carbonyl (C=O) groups is 1. The van der Waals surface area contributed by atoms with Crippen LogP contribution >= 0.6 is 0 Å². The highest BCUT2D eigenvalue weighted by molar-refractivity contribution is 5.79. The van der Waals surface area contributed by atoms with Crippen LogP contribution < -0.4 is 10.3 Å². The van der Waals surface area contributed by atoms with Crippen molar-refractivity contribution >= 4 is 16.8 Å². The highest BCUT2D eigenvalue weighted by atomic mass is 16.5.